The lowest BCUT2D eigenvalue weighted by molar-refractivity contribution is 0.369. The summed E-state index contributed by atoms with van der Waals surface area (Å²) in [5, 5.41) is 4.60. The molecule has 2 rings (SSSR count). The Bertz CT molecular complexity index is 579. The number of nitrogens with one attached hydrogen (secondary N) is 1. The van der Waals surface area contributed by atoms with Gasteiger partial charge in [-0.05, 0) is 24.2 Å². The largest absolute Gasteiger partial charge is 0.312 e. The maximum absolute atomic E-state index is 6.39. The number of hydrogen-bond acceptors (Lipinski definition) is 1. The Hall–Kier alpha value is -1.02. The Kier molecular flexibility index (Phi) is 4.74. The van der Waals surface area contributed by atoms with Crippen LogP contribution in [0.3, 0.4) is 0 Å². The van der Waals surface area contributed by atoms with Gasteiger partial charge in [0.15, 0.2) is 0 Å². The summed E-state index contributed by atoms with van der Waals surface area (Å²) >= 11 is 12.5. The molecule has 0 saturated heterocycles. The van der Waals surface area contributed by atoms with E-state index in [1.807, 2.05) is 31.3 Å². The first kappa shape index (κ1) is 15.4. The Morgan fingerprint density at radius 2 is 1.60 bits per heavy atom. The van der Waals surface area contributed by atoms with Crippen LogP contribution in [0.2, 0.25) is 10.0 Å². The lowest BCUT2D eigenvalue weighted by atomic mass is 9.75. The molecule has 1 unspecified atom stereocenters. The van der Waals surface area contributed by atoms with Crippen molar-refractivity contribution in [3.63, 3.8) is 0 Å². The zero-order valence-electron chi connectivity index (χ0n) is 12.0. The molecular formula is C17H19Cl2N. The normalized spacial score (nSPS) is 13.2. The fourth-order valence-corrected chi connectivity index (χ4v) is 3.10. The van der Waals surface area contributed by atoms with Gasteiger partial charge in [-0.15, -0.1) is 0 Å². The highest BCUT2D eigenvalue weighted by atomic mass is 35.5. The molecule has 0 saturated carbocycles. The molecule has 0 aromatic heterocycles. The van der Waals surface area contributed by atoms with E-state index in [0.717, 1.165) is 5.56 Å². The van der Waals surface area contributed by atoms with Gasteiger partial charge in [0.25, 0.3) is 0 Å². The third kappa shape index (κ3) is 2.85. The molecule has 1 N–H and O–H groups in total. The first-order valence-corrected chi connectivity index (χ1v) is 7.40. The molecule has 0 spiro atoms. The predicted octanol–water partition coefficient (Wildman–Crippen LogP) is 5.23. The maximum atomic E-state index is 6.39. The van der Waals surface area contributed by atoms with Gasteiger partial charge in [-0.1, -0.05) is 79.5 Å². The van der Waals surface area contributed by atoms with Crippen LogP contribution < -0.4 is 5.32 Å². The van der Waals surface area contributed by atoms with Crippen molar-refractivity contribution < 1.29 is 0 Å². The minimum atomic E-state index is -0.107. The number of hydrogen-bond donors (Lipinski definition) is 1. The van der Waals surface area contributed by atoms with Crippen molar-refractivity contribution in [2.75, 3.05) is 7.05 Å². The minimum Gasteiger partial charge on any atom is -0.312 e. The van der Waals surface area contributed by atoms with Crippen LogP contribution in [-0.2, 0) is 5.41 Å². The molecule has 0 fully saturated rings. The van der Waals surface area contributed by atoms with Gasteiger partial charge in [-0.3, -0.25) is 0 Å². The Morgan fingerprint density at radius 1 is 0.950 bits per heavy atom. The highest BCUT2D eigenvalue weighted by Gasteiger charge is 2.32. The number of rotatable bonds is 4. The standard InChI is InChI=1S/C17H19Cl2N/c1-17(2,12-8-5-4-6-9-12)16(20-3)13-10-7-11-14(18)15(13)19/h4-11,16,20H,1-3H3. The van der Waals surface area contributed by atoms with Gasteiger partial charge >= 0.3 is 0 Å². The number of halogens is 2. The second-order valence-electron chi connectivity index (χ2n) is 5.45. The Labute approximate surface area is 130 Å². The van der Waals surface area contributed by atoms with Gasteiger partial charge < -0.3 is 5.32 Å². The second-order valence-corrected chi connectivity index (χ2v) is 6.24. The van der Waals surface area contributed by atoms with Gasteiger partial charge in [0.1, 0.15) is 0 Å². The average Bonchev–Trinajstić information content (AvgIpc) is 2.45. The lowest BCUT2D eigenvalue weighted by Crippen LogP contribution is -2.35. The predicted molar refractivity (Wildman–Crippen MR) is 87.7 cm³/mol. The van der Waals surface area contributed by atoms with E-state index >= 15 is 0 Å². The van der Waals surface area contributed by atoms with Crippen molar-refractivity contribution in [1.29, 1.82) is 0 Å². The van der Waals surface area contributed by atoms with E-state index < -0.39 is 0 Å². The van der Waals surface area contributed by atoms with E-state index in [9.17, 15) is 0 Å². The molecule has 1 atom stereocenters. The van der Waals surface area contributed by atoms with Crippen LogP contribution in [0.4, 0.5) is 0 Å². The Balaban J connectivity index is 2.49. The van der Waals surface area contributed by atoms with Gasteiger partial charge in [-0.2, -0.15) is 0 Å². The van der Waals surface area contributed by atoms with E-state index in [0.29, 0.717) is 10.0 Å². The van der Waals surface area contributed by atoms with Crippen LogP contribution in [0.1, 0.15) is 31.0 Å². The molecule has 0 aliphatic rings. The average molecular weight is 308 g/mol. The van der Waals surface area contributed by atoms with Crippen LogP contribution in [0.5, 0.6) is 0 Å². The Morgan fingerprint density at radius 3 is 2.20 bits per heavy atom. The van der Waals surface area contributed by atoms with Crippen molar-refractivity contribution >= 4 is 23.2 Å². The fraction of sp³-hybridized carbons (Fsp3) is 0.294. The summed E-state index contributed by atoms with van der Waals surface area (Å²) in [4.78, 5) is 0. The summed E-state index contributed by atoms with van der Waals surface area (Å²) < 4.78 is 0. The molecular weight excluding hydrogens is 289 g/mol. The topological polar surface area (TPSA) is 12.0 Å². The third-order valence-electron chi connectivity index (χ3n) is 3.82. The van der Waals surface area contributed by atoms with Crippen molar-refractivity contribution in [2.45, 2.75) is 25.3 Å². The van der Waals surface area contributed by atoms with Gasteiger partial charge in [0.05, 0.1) is 10.0 Å². The minimum absolute atomic E-state index is 0.0797. The first-order chi connectivity index (χ1) is 9.48. The summed E-state index contributed by atoms with van der Waals surface area (Å²) in [6.45, 7) is 4.42. The number of likely N-dealkylation sites (N-methyl/N-ethyl adjacent to an activating group) is 1. The molecule has 3 heteroatoms. The number of benzene rings is 2. The fourth-order valence-electron chi connectivity index (χ4n) is 2.68. The molecule has 0 radical (unpaired) electrons. The van der Waals surface area contributed by atoms with Crippen LogP contribution in [0.25, 0.3) is 0 Å². The van der Waals surface area contributed by atoms with E-state index in [-0.39, 0.29) is 11.5 Å². The molecule has 2 aromatic rings. The molecule has 106 valence electrons. The first-order valence-electron chi connectivity index (χ1n) is 6.65. The molecule has 2 aromatic carbocycles. The smallest absolute Gasteiger partial charge is 0.0640 e. The van der Waals surface area contributed by atoms with Crippen molar-refractivity contribution in [2.24, 2.45) is 0 Å². The lowest BCUT2D eigenvalue weighted by Gasteiger charge is -2.35. The molecule has 20 heavy (non-hydrogen) atoms. The van der Waals surface area contributed by atoms with Crippen LogP contribution >= 0.6 is 23.2 Å². The summed E-state index contributed by atoms with van der Waals surface area (Å²) in [6.07, 6.45) is 0. The second kappa shape index (κ2) is 6.17. The van der Waals surface area contributed by atoms with E-state index in [1.165, 1.54) is 5.56 Å². The molecule has 0 amide bonds. The highest BCUT2D eigenvalue weighted by molar-refractivity contribution is 6.42. The van der Waals surface area contributed by atoms with E-state index in [2.05, 4.69) is 43.4 Å². The summed E-state index contributed by atoms with van der Waals surface area (Å²) in [6, 6.07) is 16.3. The molecule has 0 heterocycles. The van der Waals surface area contributed by atoms with Crippen LogP contribution in [0.15, 0.2) is 48.5 Å². The quantitative estimate of drug-likeness (QED) is 0.815. The van der Waals surface area contributed by atoms with E-state index in [1.54, 1.807) is 0 Å². The zero-order chi connectivity index (χ0) is 14.8. The molecule has 1 nitrogen and oxygen atoms in total. The van der Waals surface area contributed by atoms with E-state index in [4.69, 9.17) is 23.2 Å². The SMILES string of the molecule is CNC(c1cccc(Cl)c1Cl)C(C)(C)c1ccccc1. The highest BCUT2D eigenvalue weighted by Crippen LogP contribution is 2.40. The molecule has 0 aliphatic carbocycles. The van der Waals surface area contributed by atoms with Crippen molar-refractivity contribution in [3.8, 4) is 0 Å². The zero-order valence-corrected chi connectivity index (χ0v) is 13.5. The summed E-state index contributed by atoms with van der Waals surface area (Å²) in [5.41, 5.74) is 2.18. The van der Waals surface area contributed by atoms with Crippen LogP contribution in [-0.4, -0.2) is 7.05 Å². The summed E-state index contributed by atoms with van der Waals surface area (Å²) in [5.74, 6) is 0. The van der Waals surface area contributed by atoms with Crippen LogP contribution in [0, 0.1) is 0 Å². The molecule has 0 aliphatic heterocycles. The maximum Gasteiger partial charge on any atom is 0.0640 e. The van der Waals surface area contributed by atoms with Crippen molar-refractivity contribution in [1.82, 2.24) is 5.32 Å². The molecule has 0 bridgehead atoms. The monoisotopic (exact) mass is 307 g/mol. The van der Waals surface area contributed by atoms with Gasteiger partial charge in [0.2, 0.25) is 0 Å². The third-order valence-corrected chi connectivity index (χ3v) is 4.65. The van der Waals surface area contributed by atoms with Crippen molar-refractivity contribution in [3.05, 3.63) is 69.7 Å². The van der Waals surface area contributed by atoms with Gasteiger partial charge in [0, 0.05) is 11.5 Å². The van der Waals surface area contributed by atoms with Gasteiger partial charge in [-0.25, -0.2) is 0 Å². The summed E-state index contributed by atoms with van der Waals surface area (Å²) in [7, 11) is 1.95.